The Labute approximate surface area is 120 Å². The van der Waals surface area contributed by atoms with E-state index in [1.165, 1.54) is 11.3 Å². The summed E-state index contributed by atoms with van der Waals surface area (Å²) in [4.78, 5) is 21.1. The molecule has 102 valence electrons. The van der Waals surface area contributed by atoms with Crippen LogP contribution >= 0.6 is 11.3 Å². The summed E-state index contributed by atoms with van der Waals surface area (Å²) in [5.74, 6) is -0.124. The average Bonchev–Trinajstić information content (AvgIpc) is 2.95. The monoisotopic (exact) mass is 286 g/mol. The van der Waals surface area contributed by atoms with E-state index >= 15 is 0 Å². The van der Waals surface area contributed by atoms with E-state index in [1.54, 1.807) is 12.3 Å². The zero-order valence-corrected chi connectivity index (χ0v) is 12.3. The molecule has 3 heterocycles. The molecule has 3 rings (SSSR count). The second-order valence-electron chi connectivity index (χ2n) is 5.39. The van der Waals surface area contributed by atoms with Gasteiger partial charge in [-0.05, 0) is 25.1 Å². The van der Waals surface area contributed by atoms with Gasteiger partial charge in [-0.2, -0.15) is 0 Å². The van der Waals surface area contributed by atoms with Gasteiger partial charge in [0.05, 0.1) is 0 Å². The molecule has 0 bridgehead atoms. The molecule has 0 amide bonds. The topological polar surface area (TPSA) is 62.5 Å². The molecule has 4 nitrogen and oxygen atoms in total. The number of hydrogen-bond donors (Lipinski definition) is 1. The first kappa shape index (κ1) is 13.0. The second kappa shape index (κ2) is 4.24. The zero-order valence-electron chi connectivity index (χ0n) is 11.5. The Kier molecular flexibility index (Phi) is 2.76. The molecule has 5 heteroatoms. The largest absolute Gasteiger partial charge is 0.477 e. The molecule has 1 aliphatic heterocycles. The number of rotatable bonds is 2. The fourth-order valence-corrected chi connectivity index (χ4v) is 3.07. The first-order valence-electron chi connectivity index (χ1n) is 6.29. The number of fused-ring (bicyclic) bond motifs is 1. The lowest BCUT2D eigenvalue weighted by molar-refractivity contribution is 0.0702. The van der Waals surface area contributed by atoms with Crippen LogP contribution in [0, 0.1) is 0 Å². The van der Waals surface area contributed by atoms with Crippen LogP contribution in [0.15, 0.2) is 29.4 Å². The maximum Gasteiger partial charge on any atom is 0.345 e. The summed E-state index contributed by atoms with van der Waals surface area (Å²) < 4.78 is 0. The van der Waals surface area contributed by atoms with Crippen molar-refractivity contribution in [3.63, 3.8) is 0 Å². The molecule has 0 fully saturated rings. The standard InChI is InChI=1S/C15H14N2O2S/c1-8-15(2,3)10-6-9(7-16-13(10)17-8)11-4-5-12(20-11)14(18)19/h4-7H,1-3H3,(H,18,19). The number of pyridine rings is 1. The Morgan fingerprint density at radius 3 is 2.75 bits per heavy atom. The maximum atomic E-state index is 11.0. The van der Waals surface area contributed by atoms with Crippen LogP contribution < -0.4 is 0 Å². The number of carboxylic acids is 1. The third kappa shape index (κ3) is 1.86. The van der Waals surface area contributed by atoms with E-state index in [-0.39, 0.29) is 5.41 Å². The van der Waals surface area contributed by atoms with Gasteiger partial charge in [0.25, 0.3) is 0 Å². The molecule has 0 radical (unpaired) electrons. The SMILES string of the molecule is CC1=Nc2ncc(-c3ccc(C(=O)O)s3)cc2C1(C)C. The van der Waals surface area contributed by atoms with Crippen molar-refractivity contribution in [2.24, 2.45) is 4.99 Å². The molecule has 0 aromatic carbocycles. The quantitative estimate of drug-likeness (QED) is 0.911. The minimum Gasteiger partial charge on any atom is -0.477 e. The van der Waals surface area contributed by atoms with Crippen LogP contribution in [-0.2, 0) is 5.41 Å². The molecule has 20 heavy (non-hydrogen) atoms. The highest BCUT2D eigenvalue weighted by Gasteiger charge is 2.33. The lowest BCUT2D eigenvalue weighted by atomic mass is 9.82. The van der Waals surface area contributed by atoms with Gasteiger partial charge in [-0.1, -0.05) is 13.8 Å². The Balaban J connectivity index is 2.07. The van der Waals surface area contributed by atoms with Crippen LogP contribution in [0.3, 0.4) is 0 Å². The van der Waals surface area contributed by atoms with Crippen LogP contribution in [0.25, 0.3) is 10.4 Å². The highest BCUT2D eigenvalue weighted by Crippen LogP contribution is 2.41. The van der Waals surface area contributed by atoms with Crippen molar-refractivity contribution >= 4 is 28.8 Å². The third-order valence-electron chi connectivity index (χ3n) is 3.82. The molecule has 0 atom stereocenters. The Morgan fingerprint density at radius 2 is 2.10 bits per heavy atom. The maximum absolute atomic E-state index is 11.0. The molecule has 0 unspecified atom stereocenters. The number of carboxylic acid groups (broad SMARTS) is 1. The molecule has 0 saturated heterocycles. The second-order valence-corrected chi connectivity index (χ2v) is 6.47. The van der Waals surface area contributed by atoms with Gasteiger partial charge in [0.2, 0.25) is 0 Å². The van der Waals surface area contributed by atoms with E-state index < -0.39 is 5.97 Å². The van der Waals surface area contributed by atoms with Crippen molar-refractivity contribution in [1.29, 1.82) is 0 Å². The minimum absolute atomic E-state index is 0.120. The van der Waals surface area contributed by atoms with E-state index in [1.807, 2.05) is 13.0 Å². The molecular formula is C15H14N2O2S. The fraction of sp³-hybridized carbons (Fsp3) is 0.267. The number of aromatic carboxylic acids is 1. The Morgan fingerprint density at radius 1 is 1.35 bits per heavy atom. The summed E-state index contributed by atoms with van der Waals surface area (Å²) in [5, 5.41) is 8.99. The van der Waals surface area contributed by atoms with Crippen LogP contribution in [-0.4, -0.2) is 21.8 Å². The fourth-order valence-electron chi connectivity index (χ4n) is 2.24. The van der Waals surface area contributed by atoms with Crippen LogP contribution in [0.4, 0.5) is 5.82 Å². The number of nitrogens with zero attached hydrogens (tertiary/aromatic N) is 2. The molecular weight excluding hydrogens is 272 g/mol. The first-order valence-corrected chi connectivity index (χ1v) is 7.11. The summed E-state index contributed by atoms with van der Waals surface area (Å²) in [6, 6.07) is 5.52. The molecule has 0 spiro atoms. The van der Waals surface area contributed by atoms with Crippen LogP contribution in [0.1, 0.15) is 36.0 Å². The zero-order chi connectivity index (χ0) is 14.5. The minimum atomic E-state index is -0.894. The van der Waals surface area contributed by atoms with Crippen molar-refractivity contribution in [1.82, 2.24) is 4.98 Å². The number of aromatic nitrogens is 1. The normalized spacial score (nSPS) is 15.8. The van der Waals surface area contributed by atoms with Crippen molar-refractivity contribution in [2.75, 3.05) is 0 Å². The molecule has 2 aromatic heterocycles. The van der Waals surface area contributed by atoms with Gasteiger partial charge in [0.1, 0.15) is 4.88 Å². The smallest absolute Gasteiger partial charge is 0.345 e. The summed E-state index contributed by atoms with van der Waals surface area (Å²) >= 11 is 1.26. The van der Waals surface area contributed by atoms with Crippen LogP contribution in [0.2, 0.25) is 0 Å². The van der Waals surface area contributed by atoms with E-state index in [4.69, 9.17) is 5.11 Å². The first-order chi connectivity index (χ1) is 9.39. The van der Waals surface area contributed by atoms with Crippen molar-refractivity contribution in [3.05, 3.63) is 34.8 Å². The third-order valence-corrected chi connectivity index (χ3v) is 4.94. The number of carbonyl (C=O) groups is 1. The van der Waals surface area contributed by atoms with Gasteiger partial charge in [-0.25, -0.2) is 14.8 Å². The summed E-state index contributed by atoms with van der Waals surface area (Å²) in [6.07, 6.45) is 1.76. The van der Waals surface area contributed by atoms with Crippen LogP contribution in [0.5, 0.6) is 0 Å². The molecule has 0 aliphatic carbocycles. The summed E-state index contributed by atoms with van der Waals surface area (Å²) in [6.45, 7) is 6.26. The van der Waals surface area contributed by atoms with E-state index in [2.05, 4.69) is 29.9 Å². The van der Waals surface area contributed by atoms with E-state index in [0.717, 1.165) is 27.5 Å². The Hall–Kier alpha value is -2.01. The van der Waals surface area contributed by atoms with Gasteiger partial charge < -0.3 is 5.11 Å². The molecule has 2 aromatic rings. The van der Waals surface area contributed by atoms with E-state index in [0.29, 0.717) is 4.88 Å². The lowest BCUT2D eigenvalue weighted by Crippen LogP contribution is -2.22. The molecule has 1 N–H and O–H groups in total. The predicted molar refractivity (Wildman–Crippen MR) is 80.3 cm³/mol. The van der Waals surface area contributed by atoms with Crippen molar-refractivity contribution < 1.29 is 9.90 Å². The van der Waals surface area contributed by atoms with Gasteiger partial charge >= 0.3 is 5.97 Å². The van der Waals surface area contributed by atoms with Gasteiger partial charge in [0, 0.05) is 33.3 Å². The summed E-state index contributed by atoms with van der Waals surface area (Å²) in [5.41, 5.74) is 2.97. The van der Waals surface area contributed by atoms with E-state index in [9.17, 15) is 4.79 Å². The van der Waals surface area contributed by atoms with Gasteiger partial charge in [0.15, 0.2) is 5.82 Å². The average molecular weight is 286 g/mol. The Bertz CT molecular complexity index is 744. The predicted octanol–water partition coefficient (Wildman–Crippen LogP) is 3.89. The molecule has 1 aliphatic rings. The highest BCUT2D eigenvalue weighted by atomic mass is 32.1. The number of hydrogen-bond acceptors (Lipinski definition) is 4. The highest BCUT2D eigenvalue weighted by molar-refractivity contribution is 7.17. The summed E-state index contributed by atoms with van der Waals surface area (Å²) in [7, 11) is 0. The van der Waals surface area contributed by atoms with Gasteiger partial charge in [-0.15, -0.1) is 11.3 Å². The van der Waals surface area contributed by atoms with Crippen molar-refractivity contribution in [2.45, 2.75) is 26.2 Å². The molecule has 0 saturated carbocycles. The number of thiophene rings is 1. The number of aliphatic imine (C=N–C) groups is 1. The van der Waals surface area contributed by atoms with Gasteiger partial charge in [-0.3, -0.25) is 0 Å². The van der Waals surface area contributed by atoms with Crippen molar-refractivity contribution in [3.8, 4) is 10.4 Å². The lowest BCUT2D eigenvalue weighted by Gasteiger charge is -2.19.